The molecule has 0 unspecified atom stereocenters. The van der Waals surface area contributed by atoms with Gasteiger partial charge in [-0.2, -0.15) is 0 Å². The van der Waals surface area contributed by atoms with Gasteiger partial charge in [-0.05, 0) is 59.2 Å². The van der Waals surface area contributed by atoms with Crippen LogP contribution < -0.4 is 19.5 Å². The van der Waals surface area contributed by atoms with E-state index in [1.165, 1.54) is 27.8 Å². The maximum atomic E-state index is 13.4. The van der Waals surface area contributed by atoms with Crippen molar-refractivity contribution < 1.29 is 28.5 Å². The van der Waals surface area contributed by atoms with E-state index in [4.69, 9.17) is 18.9 Å². The van der Waals surface area contributed by atoms with Crippen LogP contribution in [-0.4, -0.2) is 45.9 Å². The van der Waals surface area contributed by atoms with Crippen LogP contribution in [0.25, 0.3) is 22.8 Å². The van der Waals surface area contributed by atoms with E-state index in [0.717, 1.165) is 30.4 Å². The van der Waals surface area contributed by atoms with Crippen LogP contribution >= 0.6 is 0 Å². The van der Waals surface area contributed by atoms with Crippen LogP contribution in [0.5, 0.6) is 17.2 Å². The minimum atomic E-state index is -0.604. The Balaban J connectivity index is 1.62. The first-order valence-corrected chi connectivity index (χ1v) is 13.6. The second-order valence-electron chi connectivity index (χ2n) is 9.97. The van der Waals surface area contributed by atoms with E-state index < -0.39 is 5.97 Å². The van der Waals surface area contributed by atoms with Crippen molar-refractivity contribution in [3.8, 4) is 28.4 Å². The summed E-state index contributed by atoms with van der Waals surface area (Å²) in [5, 5.41) is 3.04. The number of hydrogen-bond acceptors (Lipinski definition) is 6. The highest BCUT2D eigenvalue weighted by Gasteiger charge is 2.24. The molecule has 0 saturated heterocycles. The molecule has 40 heavy (non-hydrogen) atoms. The monoisotopic (exact) mass is 543 g/mol. The Hall–Kier alpha value is -4.26. The number of hydrogen-bond donors (Lipinski definition) is 1. The summed E-state index contributed by atoms with van der Waals surface area (Å²) in [6.45, 7) is 1.80. The van der Waals surface area contributed by atoms with E-state index in [0.29, 0.717) is 39.9 Å². The van der Waals surface area contributed by atoms with E-state index in [1.54, 1.807) is 18.2 Å². The smallest absolute Gasteiger partial charge is 0.339 e. The second-order valence-corrected chi connectivity index (χ2v) is 9.97. The summed E-state index contributed by atoms with van der Waals surface area (Å²) >= 11 is 0. The number of carbonyl (C=O) groups is 2. The molecule has 1 aliphatic rings. The predicted molar refractivity (Wildman–Crippen MR) is 156 cm³/mol. The van der Waals surface area contributed by atoms with Gasteiger partial charge >= 0.3 is 5.97 Å². The molecule has 1 fully saturated rings. The van der Waals surface area contributed by atoms with Gasteiger partial charge in [-0.3, -0.25) is 4.79 Å². The third-order valence-electron chi connectivity index (χ3n) is 7.31. The van der Waals surface area contributed by atoms with Gasteiger partial charge in [-0.1, -0.05) is 74.4 Å². The average molecular weight is 544 g/mol. The Morgan fingerprint density at radius 1 is 0.850 bits per heavy atom. The minimum Gasteiger partial charge on any atom is -0.493 e. The molecule has 210 valence electrons. The van der Waals surface area contributed by atoms with Gasteiger partial charge in [0, 0.05) is 6.04 Å². The van der Waals surface area contributed by atoms with Crippen LogP contribution in [0.4, 0.5) is 0 Å². The van der Waals surface area contributed by atoms with Gasteiger partial charge in [0.05, 0.1) is 26.9 Å². The van der Waals surface area contributed by atoms with Crippen molar-refractivity contribution in [1.29, 1.82) is 0 Å². The molecular weight excluding hydrogens is 506 g/mol. The van der Waals surface area contributed by atoms with Crippen molar-refractivity contribution in [2.45, 2.75) is 38.6 Å². The summed E-state index contributed by atoms with van der Waals surface area (Å²) in [6, 6.07) is 21.3. The average Bonchev–Trinajstić information content (AvgIpc) is 2.99. The number of methoxy groups -OCH3 is 3. The van der Waals surface area contributed by atoms with Crippen molar-refractivity contribution in [2.24, 2.45) is 5.92 Å². The number of esters is 1. The van der Waals surface area contributed by atoms with E-state index >= 15 is 0 Å². The lowest BCUT2D eigenvalue weighted by molar-refractivity contribution is -0.143. The summed E-state index contributed by atoms with van der Waals surface area (Å²) in [7, 11) is 4.61. The molecule has 7 nitrogen and oxygen atoms in total. The molecule has 0 aliphatic heterocycles. The summed E-state index contributed by atoms with van der Waals surface area (Å²) in [5.41, 5.74) is 3.69. The van der Waals surface area contributed by atoms with E-state index in [9.17, 15) is 9.59 Å². The third kappa shape index (κ3) is 7.03. The topological polar surface area (TPSA) is 83.1 Å². The fraction of sp³-hybridized carbons (Fsp3) is 0.333. The van der Waals surface area contributed by atoms with Crippen molar-refractivity contribution in [3.63, 3.8) is 0 Å². The van der Waals surface area contributed by atoms with Gasteiger partial charge in [0.15, 0.2) is 18.1 Å². The van der Waals surface area contributed by atoms with E-state index in [2.05, 4.69) is 12.2 Å². The van der Waals surface area contributed by atoms with Crippen LogP contribution in [0.1, 0.15) is 43.7 Å². The molecule has 0 heterocycles. The van der Waals surface area contributed by atoms with Crippen molar-refractivity contribution in [3.05, 3.63) is 77.9 Å². The van der Waals surface area contributed by atoms with Crippen LogP contribution in [0, 0.1) is 5.92 Å². The Morgan fingerprint density at radius 2 is 1.48 bits per heavy atom. The number of nitrogens with one attached hydrogen (secondary N) is 1. The summed E-state index contributed by atoms with van der Waals surface area (Å²) in [4.78, 5) is 26.1. The molecule has 3 aromatic rings. The molecule has 7 heteroatoms. The highest BCUT2D eigenvalue weighted by Crippen LogP contribution is 2.39. The number of amides is 1. The molecule has 1 aliphatic carbocycles. The highest BCUT2D eigenvalue weighted by molar-refractivity contribution is 6.22. The van der Waals surface area contributed by atoms with Gasteiger partial charge in [0.1, 0.15) is 0 Å². The zero-order valence-electron chi connectivity index (χ0n) is 23.6. The van der Waals surface area contributed by atoms with Gasteiger partial charge in [0.2, 0.25) is 5.75 Å². The molecule has 0 aromatic heterocycles. The first-order valence-electron chi connectivity index (χ1n) is 13.6. The van der Waals surface area contributed by atoms with Crippen LogP contribution in [0.15, 0.2) is 66.7 Å². The van der Waals surface area contributed by atoms with Gasteiger partial charge < -0.3 is 24.3 Å². The molecular formula is C33H37NO6. The van der Waals surface area contributed by atoms with Crippen LogP contribution in [0.3, 0.4) is 0 Å². The zero-order chi connectivity index (χ0) is 28.5. The first-order chi connectivity index (χ1) is 19.4. The quantitative estimate of drug-likeness (QED) is 0.187. The lowest BCUT2D eigenvalue weighted by atomic mass is 9.86. The Bertz CT molecular complexity index is 1310. The summed E-state index contributed by atoms with van der Waals surface area (Å²) in [6.07, 6.45) is 6.01. The highest BCUT2D eigenvalue weighted by atomic mass is 16.5. The van der Waals surface area contributed by atoms with Crippen molar-refractivity contribution >= 4 is 23.5 Å². The maximum absolute atomic E-state index is 13.4. The normalized spacial score (nSPS) is 17.1. The Morgan fingerprint density at radius 3 is 2.08 bits per heavy atom. The molecule has 0 spiro atoms. The molecule has 1 saturated carbocycles. The SMILES string of the molecule is COc1cc(/C=C(/C(=O)OCC(=O)N[C@@H]2CCCC[C@H]2C)c2ccc(-c3ccccc3)cc2)cc(OC)c1OC. The van der Waals surface area contributed by atoms with Crippen LogP contribution in [0.2, 0.25) is 0 Å². The molecule has 0 radical (unpaired) electrons. The number of carbonyl (C=O) groups excluding carboxylic acids is 2. The first kappa shape index (κ1) is 28.7. The number of ether oxygens (including phenoxy) is 4. The Kier molecular flexibility index (Phi) is 9.84. The lowest BCUT2D eigenvalue weighted by Gasteiger charge is -2.29. The summed E-state index contributed by atoms with van der Waals surface area (Å²) in [5.74, 6) is 0.883. The number of rotatable bonds is 10. The fourth-order valence-corrected chi connectivity index (χ4v) is 5.07. The zero-order valence-corrected chi connectivity index (χ0v) is 23.6. The third-order valence-corrected chi connectivity index (χ3v) is 7.31. The van der Waals surface area contributed by atoms with E-state index in [1.807, 2.05) is 54.6 Å². The molecule has 1 N–H and O–H groups in total. The fourth-order valence-electron chi connectivity index (χ4n) is 5.07. The molecule has 2 atom stereocenters. The maximum Gasteiger partial charge on any atom is 0.339 e. The molecule has 1 amide bonds. The van der Waals surface area contributed by atoms with E-state index in [-0.39, 0.29) is 18.6 Å². The standard InChI is InChI=1S/C33H37NO6/c1-22-10-8-9-13-28(22)34-31(35)21-40-33(36)27(18-23-19-29(37-2)32(39-4)30(20-23)38-3)26-16-14-25(15-17-26)24-11-6-5-7-12-24/h5-7,11-12,14-20,22,28H,8-10,13,21H2,1-4H3,(H,34,35)/b27-18+/t22-,28-/m1/s1. The molecule has 0 bridgehead atoms. The van der Waals surface area contributed by atoms with Gasteiger partial charge in [-0.25, -0.2) is 4.79 Å². The largest absolute Gasteiger partial charge is 0.493 e. The second kappa shape index (κ2) is 13.7. The van der Waals surface area contributed by atoms with Gasteiger partial charge in [-0.15, -0.1) is 0 Å². The lowest BCUT2D eigenvalue weighted by Crippen LogP contribution is -2.42. The molecule has 3 aromatic carbocycles. The van der Waals surface area contributed by atoms with Crippen molar-refractivity contribution in [2.75, 3.05) is 27.9 Å². The van der Waals surface area contributed by atoms with Crippen molar-refractivity contribution in [1.82, 2.24) is 5.32 Å². The van der Waals surface area contributed by atoms with Crippen LogP contribution in [-0.2, 0) is 14.3 Å². The Labute approximate surface area is 236 Å². The minimum absolute atomic E-state index is 0.111. The predicted octanol–water partition coefficient (Wildman–Crippen LogP) is 6.16. The molecule has 4 rings (SSSR count). The number of benzene rings is 3. The van der Waals surface area contributed by atoms with Gasteiger partial charge in [0.25, 0.3) is 5.91 Å². The summed E-state index contributed by atoms with van der Waals surface area (Å²) < 4.78 is 21.9.